The number of benzene rings is 1. The van der Waals surface area contributed by atoms with Crippen molar-refractivity contribution in [2.75, 3.05) is 5.32 Å². The van der Waals surface area contributed by atoms with Crippen LogP contribution in [0.1, 0.15) is 70.6 Å². The van der Waals surface area contributed by atoms with E-state index in [0.29, 0.717) is 5.92 Å². The zero-order valence-electron chi connectivity index (χ0n) is 20.7. The van der Waals surface area contributed by atoms with Crippen LogP contribution >= 0.6 is 0 Å². The lowest BCUT2D eigenvalue weighted by Crippen LogP contribution is -2.17. The van der Waals surface area contributed by atoms with Crippen LogP contribution < -0.4 is 5.32 Å². The average Bonchev–Trinajstić information content (AvgIpc) is 3.33. The van der Waals surface area contributed by atoms with Crippen LogP contribution in [-0.4, -0.2) is 15.2 Å². The van der Waals surface area contributed by atoms with Crippen molar-refractivity contribution in [3.05, 3.63) is 77.8 Å². The van der Waals surface area contributed by atoms with Crippen molar-refractivity contribution in [2.45, 2.75) is 59.3 Å². The Morgan fingerprint density at radius 1 is 1.00 bits per heavy atom. The lowest BCUT2D eigenvalue weighted by Gasteiger charge is -2.31. The van der Waals surface area contributed by atoms with Crippen LogP contribution in [0, 0.1) is 17.8 Å². The first-order chi connectivity index (χ1) is 16.4. The van der Waals surface area contributed by atoms with E-state index in [1.165, 1.54) is 31.2 Å². The Bertz CT molecular complexity index is 1250. The monoisotopic (exact) mass is 453 g/mol. The van der Waals surface area contributed by atoms with Gasteiger partial charge in [0, 0.05) is 29.6 Å². The molecule has 0 radical (unpaired) electrons. The Balaban J connectivity index is 1.35. The number of nitrogens with zero attached hydrogens (tertiary/aromatic N) is 2. The van der Waals surface area contributed by atoms with Crippen LogP contribution in [-0.2, 0) is 4.79 Å². The highest BCUT2D eigenvalue weighted by molar-refractivity contribution is 6.04. The van der Waals surface area contributed by atoms with Crippen molar-refractivity contribution in [1.29, 1.82) is 0 Å². The van der Waals surface area contributed by atoms with Gasteiger partial charge < -0.3 is 5.32 Å². The molecule has 34 heavy (non-hydrogen) atoms. The molecular weight excluding hydrogens is 418 g/mol. The highest BCUT2D eigenvalue weighted by Crippen LogP contribution is 2.39. The number of hydrogen-bond donors (Lipinski definition) is 1. The van der Waals surface area contributed by atoms with E-state index in [-0.39, 0.29) is 11.7 Å². The maximum Gasteiger partial charge on any atom is 0.163 e. The molecule has 2 aromatic heterocycles. The summed E-state index contributed by atoms with van der Waals surface area (Å²) in [5.41, 5.74) is 7.34. The molecule has 0 saturated heterocycles. The van der Waals surface area contributed by atoms with Gasteiger partial charge in [0.2, 0.25) is 0 Å². The van der Waals surface area contributed by atoms with Crippen molar-refractivity contribution >= 4 is 28.4 Å². The lowest BCUT2D eigenvalue weighted by molar-refractivity contribution is -0.116. The quantitative estimate of drug-likeness (QED) is 0.434. The molecule has 176 valence electrons. The van der Waals surface area contributed by atoms with Gasteiger partial charge in [0.05, 0.1) is 11.4 Å². The van der Waals surface area contributed by atoms with Crippen molar-refractivity contribution in [1.82, 2.24) is 9.38 Å². The summed E-state index contributed by atoms with van der Waals surface area (Å²) in [6, 6.07) is 13.1. The van der Waals surface area contributed by atoms with Crippen LogP contribution in [0.3, 0.4) is 0 Å². The summed E-state index contributed by atoms with van der Waals surface area (Å²) in [6.45, 7) is 8.71. The van der Waals surface area contributed by atoms with Crippen molar-refractivity contribution in [2.24, 2.45) is 17.8 Å². The number of nitrogens with one attached hydrogen (secondary N) is 1. The molecular formula is C30H35N3O. The largest absolute Gasteiger partial charge is 0.352 e. The van der Waals surface area contributed by atoms with E-state index >= 15 is 0 Å². The van der Waals surface area contributed by atoms with Gasteiger partial charge >= 0.3 is 0 Å². The predicted molar refractivity (Wildman–Crippen MR) is 140 cm³/mol. The fraction of sp³-hybridized carbons (Fsp3) is 0.400. The van der Waals surface area contributed by atoms with E-state index in [2.05, 4.69) is 71.0 Å². The number of imidazole rings is 1. The van der Waals surface area contributed by atoms with E-state index in [9.17, 15) is 4.79 Å². The molecule has 3 aromatic rings. The zero-order chi connectivity index (χ0) is 23.8. The SMILES string of the molecule is CC1=CC(c2ccc(Nc3ccc(C4CCC(C(C)C)CC4)cc3)c3nccn23)=CC(=O)C1C. The number of fused-ring (bicyclic) bond motifs is 1. The van der Waals surface area contributed by atoms with E-state index in [0.717, 1.165) is 45.7 Å². The molecule has 0 amide bonds. The number of aromatic nitrogens is 2. The van der Waals surface area contributed by atoms with Crippen LogP contribution in [0.4, 0.5) is 11.4 Å². The highest BCUT2D eigenvalue weighted by Gasteiger charge is 2.24. The molecule has 5 rings (SSSR count). The number of allylic oxidation sites excluding steroid dienone is 4. The summed E-state index contributed by atoms with van der Waals surface area (Å²) in [7, 11) is 0. The van der Waals surface area contributed by atoms with Crippen LogP contribution in [0.2, 0.25) is 0 Å². The first-order valence-corrected chi connectivity index (χ1v) is 12.7. The summed E-state index contributed by atoms with van der Waals surface area (Å²) in [6.07, 6.45) is 12.9. The number of carbonyl (C=O) groups excluding carboxylic acids is 1. The summed E-state index contributed by atoms with van der Waals surface area (Å²) in [5, 5.41) is 3.55. The molecule has 2 aliphatic carbocycles. The molecule has 4 heteroatoms. The first kappa shape index (κ1) is 22.6. The molecule has 4 nitrogen and oxygen atoms in total. The third-order valence-corrected chi connectivity index (χ3v) is 8.01. The van der Waals surface area contributed by atoms with E-state index in [1.54, 1.807) is 6.08 Å². The Labute approximate surface area is 202 Å². The van der Waals surface area contributed by atoms with Gasteiger partial charge in [-0.1, -0.05) is 44.6 Å². The first-order valence-electron chi connectivity index (χ1n) is 12.7. The predicted octanol–water partition coefficient (Wildman–Crippen LogP) is 7.56. The van der Waals surface area contributed by atoms with Gasteiger partial charge in [-0.05, 0) is 86.3 Å². The third kappa shape index (κ3) is 4.34. The van der Waals surface area contributed by atoms with Gasteiger partial charge in [-0.25, -0.2) is 4.98 Å². The summed E-state index contributed by atoms with van der Waals surface area (Å²) in [4.78, 5) is 17.0. The maximum atomic E-state index is 12.4. The Morgan fingerprint density at radius 3 is 2.41 bits per heavy atom. The number of hydrogen-bond acceptors (Lipinski definition) is 3. The Hall–Kier alpha value is -3.14. The molecule has 0 aliphatic heterocycles. The number of ketones is 1. The number of carbonyl (C=O) groups is 1. The van der Waals surface area contributed by atoms with E-state index in [1.807, 2.05) is 26.2 Å². The standard InChI is InChI=1S/C30H35N3O/c1-19(2)22-5-7-23(8-6-22)24-9-11-26(12-10-24)32-27-13-14-28(33-16-15-31-30(27)33)25-17-20(3)21(4)29(34)18-25/h9-19,21-23,32H,5-8H2,1-4H3. The Morgan fingerprint density at radius 2 is 1.74 bits per heavy atom. The second kappa shape index (κ2) is 9.25. The van der Waals surface area contributed by atoms with Crippen LogP contribution in [0.15, 0.2) is 66.5 Å². The van der Waals surface area contributed by atoms with Gasteiger partial charge in [-0.2, -0.15) is 0 Å². The summed E-state index contributed by atoms with van der Waals surface area (Å²) < 4.78 is 2.06. The molecule has 1 saturated carbocycles. The lowest BCUT2D eigenvalue weighted by atomic mass is 9.75. The molecule has 1 fully saturated rings. The van der Waals surface area contributed by atoms with Gasteiger partial charge in [0.25, 0.3) is 0 Å². The average molecular weight is 454 g/mol. The fourth-order valence-electron chi connectivity index (χ4n) is 5.52. The van der Waals surface area contributed by atoms with Gasteiger partial charge in [-0.15, -0.1) is 0 Å². The molecule has 1 aromatic carbocycles. The van der Waals surface area contributed by atoms with Crippen molar-refractivity contribution in [3.8, 4) is 0 Å². The minimum Gasteiger partial charge on any atom is -0.352 e. The third-order valence-electron chi connectivity index (χ3n) is 8.01. The maximum absolute atomic E-state index is 12.4. The molecule has 1 N–H and O–H groups in total. The molecule has 0 bridgehead atoms. The minimum atomic E-state index is -0.0452. The number of rotatable bonds is 5. The smallest absolute Gasteiger partial charge is 0.163 e. The second-order valence-corrected chi connectivity index (χ2v) is 10.5. The summed E-state index contributed by atoms with van der Waals surface area (Å²) >= 11 is 0. The van der Waals surface area contributed by atoms with Crippen LogP contribution in [0.5, 0.6) is 0 Å². The van der Waals surface area contributed by atoms with Gasteiger partial charge in [-0.3, -0.25) is 9.20 Å². The van der Waals surface area contributed by atoms with Gasteiger partial charge in [0.15, 0.2) is 11.4 Å². The van der Waals surface area contributed by atoms with E-state index < -0.39 is 0 Å². The molecule has 2 heterocycles. The van der Waals surface area contributed by atoms with Crippen LogP contribution in [0.25, 0.3) is 11.2 Å². The molecule has 1 unspecified atom stereocenters. The topological polar surface area (TPSA) is 46.4 Å². The highest BCUT2D eigenvalue weighted by atomic mass is 16.1. The zero-order valence-corrected chi connectivity index (χ0v) is 20.7. The number of pyridine rings is 1. The molecule has 2 aliphatic rings. The second-order valence-electron chi connectivity index (χ2n) is 10.5. The van der Waals surface area contributed by atoms with Crippen molar-refractivity contribution < 1.29 is 4.79 Å². The summed E-state index contributed by atoms with van der Waals surface area (Å²) in [5.74, 6) is 2.49. The van der Waals surface area contributed by atoms with E-state index in [4.69, 9.17) is 0 Å². The number of anilines is 2. The van der Waals surface area contributed by atoms with Crippen molar-refractivity contribution in [3.63, 3.8) is 0 Å². The fourth-order valence-corrected chi connectivity index (χ4v) is 5.52. The minimum absolute atomic E-state index is 0.0452. The Kier molecular flexibility index (Phi) is 6.16. The molecule has 0 spiro atoms. The normalized spacial score (nSPS) is 23.2. The van der Waals surface area contributed by atoms with Gasteiger partial charge in [0.1, 0.15) is 0 Å². The molecule has 1 atom stereocenters.